The number of hydrogen-bond donors (Lipinski definition) is 0. The van der Waals surface area contributed by atoms with Crippen molar-refractivity contribution in [2.45, 2.75) is 40.0 Å². The SMILES string of the molecule is CC(=O)N1CCC(C(=O)N(CCCN2CC3CN(C(=O)c4ncccc4C)CC3C2)c2ccc(C)c(Cl)c2)CC1. The van der Waals surface area contributed by atoms with Gasteiger partial charge in [-0.2, -0.15) is 0 Å². The van der Waals surface area contributed by atoms with Crippen molar-refractivity contribution in [3.8, 4) is 0 Å². The Balaban J connectivity index is 1.16. The van der Waals surface area contributed by atoms with Crippen LogP contribution in [0.4, 0.5) is 5.69 Å². The summed E-state index contributed by atoms with van der Waals surface area (Å²) in [6.45, 7) is 11.8. The first-order valence-electron chi connectivity index (χ1n) is 14.5. The summed E-state index contributed by atoms with van der Waals surface area (Å²) in [5.74, 6) is 1.11. The molecule has 40 heavy (non-hydrogen) atoms. The number of aromatic nitrogens is 1. The Labute approximate surface area is 242 Å². The van der Waals surface area contributed by atoms with E-state index < -0.39 is 0 Å². The van der Waals surface area contributed by atoms with Gasteiger partial charge in [-0.1, -0.05) is 23.7 Å². The van der Waals surface area contributed by atoms with Crippen molar-refractivity contribution < 1.29 is 14.4 Å². The van der Waals surface area contributed by atoms with Crippen molar-refractivity contribution in [2.75, 3.05) is 57.3 Å². The highest BCUT2D eigenvalue weighted by Crippen LogP contribution is 2.32. The van der Waals surface area contributed by atoms with Gasteiger partial charge in [0.25, 0.3) is 5.91 Å². The summed E-state index contributed by atoms with van der Waals surface area (Å²) >= 11 is 6.45. The second-order valence-electron chi connectivity index (χ2n) is 11.7. The average Bonchev–Trinajstić information content (AvgIpc) is 3.51. The number of nitrogens with zero attached hydrogens (tertiary/aromatic N) is 5. The summed E-state index contributed by atoms with van der Waals surface area (Å²) in [6.07, 6.45) is 3.93. The Morgan fingerprint density at radius 3 is 2.30 bits per heavy atom. The quantitative estimate of drug-likeness (QED) is 0.506. The molecule has 3 aliphatic rings. The maximum absolute atomic E-state index is 13.7. The number of amides is 3. The molecule has 0 N–H and O–H groups in total. The number of fused-ring (bicyclic) bond motifs is 1. The molecular weight excluding hydrogens is 526 g/mol. The molecule has 3 fully saturated rings. The molecule has 0 saturated carbocycles. The number of pyridine rings is 1. The van der Waals surface area contributed by atoms with E-state index in [9.17, 15) is 14.4 Å². The van der Waals surface area contributed by atoms with Crippen molar-refractivity contribution in [3.05, 3.63) is 58.4 Å². The van der Waals surface area contributed by atoms with Crippen LogP contribution in [0.5, 0.6) is 0 Å². The summed E-state index contributed by atoms with van der Waals surface area (Å²) in [4.78, 5) is 51.0. The number of likely N-dealkylation sites (tertiary alicyclic amines) is 3. The van der Waals surface area contributed by atoms with Crippen LogP contribution in [-0.2, 0) is 9.59 Å². The first kappa shape index (κ1) is 28.6. The molecule has 0 radical (unpaired) electrons. The third-order valence-corrected chi connectivity index (χ3v) is 9.35. The van der Waals surface area contributed by atoms with Crippen LogP contribution in [0.3, 0.4) is 0 Å². The maximum atomic E-state index is 13.7. The molecule has 1 aromatic heterocycles. The second-order valence-corrected chi connectivity index (χ2v) is 12.1. The van der Waals surface area contributed by atoms with E-state index in [2.05, 4.69) is 9.88 Å². The summed E-state index contributed by atoms with van der Waals surface area (Å²) in [6, 6.07) is 9.65. The third-order valence-electron chi connectivity index (χ3n) is 8.94. The van der Waals surface area contributed by atoms with Crippen molar-refractivity contribution in [2.24, 2.45) is 17.8 Å². The maximum Gasteiger partial charge on any atom is 0.272 e. The molecule has 0 aliphatic carbocycles. The number of benzene rings is 1. The van der Waals surface area contributed by atoms with Crippen LogP contribution < -0.4 is 4.90 Å². The monoisotopic (exact) mass is 565 g/mol. The molecule has 2 unspecified atom stereocenters. The highest BCUT2D eigenvalue weighted by Gasteiger charge is 2.42. The largest absolute Gasteiger partial charge is 0.343 e. The predicted molar refractivity (Wildman–Crippen MR) is 156 cm³/mol. The lowest BCUT2D eigenvalue weighted by Gasteiger charge is -2.34. The van der Waals surface area contributed by atoms with E-state index in [4.69, 9.17) is 11.6 Å². The van der Waals surface area contributed by atoms with Crippen LogP contribution in [0, 0.1) is 31.6 Å². The van der Waals surface area contributed by atoms with E-state index in [1.807, 2.05) is 58.9 Å². The lowest BCUT2D eigenvalue weighted by atomic mass is 9.94. The molecule has 8 nitrogen and oxygen atoms in total. The molecule has 2 aromatic rings. The van der Waals surface area contributed by atoms with Crippen LogP contribution >= 0.6 is 11.6 Å². The van der Waals surface area contributed by atoms with Gasteiger partial charge >= 0.3 is 0 Å². The standard InChI is InChI=1S/C31H40ClN5O3/c1-21-7-8-27(16-28(21)32)37(30(39)24-9-14-35(15-10-24)23(3)38)13-5-12-34-17-25-19-36(20-26(25)18-34)31(40)29-22(2)6-4-11-33-29/h4,6-8,11,16,24-26H,5,9-10,12-15,17-20H2,1-3H3. The van der Waals surface area contributed by atoms with Gasteiger partial charge in [-0.25, -0.2) is 0 Å². The number of carbonyl (C=O) groups excluding carboxylic acids is 3. The molecule has 0 bridgehead atoms. The van der Waals surface area contributed by atoms with Crippen molar-refractivity contribution in [1.29, 1.82) is 0 Å². The number of carbonyl (C=O) groups is 3. The molecule has 5 rings (SSSR count). The van der Waals surface area contributed by atoms with Gasteiger partial charge in [0, 0.05) is 75.6 Å². The van der Waals surface area contributed by atoms with Crippen molar-refractivity contribution in [1.82, 2.24) is 19.7 Å². The van der Waals surface area contributed by atoms with Gasteiger partial charge in [-0.15, -0.1) is 0 Å². The molecule has 3 amide bonds. The molecule has 0 spiro atoms. The van der Waals surface area contributed by atoms with Gasteiger partial charge in [0.15, 0.2) is 0 Å². The summed E-state index contributed by atoms with van der Waals surface area (Å²) in [7, 11) is 0. The molecule has 2 atom stereocenters. The lowest BCUT2D eigenvalue weighted by molar-refractivity contribution is -0.133. The van der Waals surface area contributed by atoms with Crippen LogP contribution in [0.1, 0.15) is 47.8 Å². The first-order chi connectivity index (χ1) is 19.2. The Morgan fingerprint density at radius 2 is 1.68 bits per heavy atom. The van der Waals surface area contributed by atoms with E-state index in [1.54, 1.807) is 13.1 Å². The van der Waals surface area contributed by atoms with Crippen LogP contribution in [0.2, 0.25) is 5.02 Å². The summed E-state index contributed by atoms with van der Waals surface area (Å²) in [5.41, 5.74) is 3.31. The fourth-order valence-electron chi connectivity index (χ4n) is 6.53. The zero-order valence-corrected chi connectivity index (χ0v) is 24.6. The normalized spacial score (nSPS) is 21.5. The minimum Gasteiger partial charge on any atom is -0.343 e. The third kappa shape index (κ3) is 6.18. The molecule has 4 heterocycles. The van der Waals surface area contributed by atoms with E-state index in [1.165, 1.54) is 0 Å². The van der Waals surface area contributed by atoms with Crippen molar-refractivity contribution in [3.63, 3.8) is 0 Å². The van der Waals surface area contributed by atoms with Crippen molar-refractivity contribution >= 4 is 35.0 Å². The molecular formula is C31H40ClN5O3. The van der Waals surface area contributed by atoms with E-state index >= 15 is 0 Å². The Hall–Kier alpha value is -2.97. The minimum atomic E-state index is -0.0897. The average molecular weight is 566 g/mol. The molecule has 1 aromatic carbocycles. The minimum absolute atomic E-state index is 0.0408. The number of anilines is 1. The number of halogens is 1. The molecule has 214 valence electrons. The highest BCUT2D eigenvalue weighted by molar-refractivity contribution is 6.31. The number of rotatable bonds is 7. The van der Waals surface area contributed by atoms with E-state index in [0.717, 1.165) is 56.0 Å². The fourth-order valence-corrected chi connectivity index (χ4v) is 6.70. The predicted octanol–water partition coefficient (Wildman–Crippen LogP) is 4.04. The van der Waals surface area contributed by atoms with E-state index in [0.29, 0.717) is 55.0 Å². The zero-order valence-electron chi connectivity index (χ0n) is 23.8. The second kappa shape index (κ2) is 12.3. The molecule has 3 saturated heterocycles. The van der Waals surface area contributed by atoms with Gasteiger partial charge < -0.3 is 19.6 Å². The van der Waals surface area contributed by atoms with Crippen LogP contribution in [0.25, 0.3) is 0 Å². The first-order valence-corrected chi connectivity index (χ1v) is 14.9. The lowest BCUT2D eigenvalue weighted by Crippen LogP contribution is -2.44. The van der Waals surface area contributed by atoms with Gasteiger partial charge in [-0.05, 0) is 80.8 Å². The summed E-state index contributed by atoms with van der Waals surface area (Å²) < 4.78 is 0. The summed E-state index contributed by atoms with van der Waals surface area (Å²) in [5, 5.41) is 0.661. The highest BCUT2D eigenvalue weighted by atomic mass is 35.5. The zero-order chi connectivity index (χ0) is 28.4. The van der Waals surface area contributed by atoms with Crippen LogP contribution in [-0.4, -0.2) is 89.8 Å². The van der Waals surface area contributed by atoms with Gasteiger partial charge in [0.2, 0.25) is 11.8 Å². The number of piperidine rings is 1. The number of hydrogen-bond acceptors (Lipinski definition) is 5. The topological polar surface area (TPSA) is 77.1 Å². The molecule has 3 aliphatic heterocycles. The molecule has 9 heteroatoms. The number of aryl methyl sites for hydroxylation is 2. The van der Waals surface area contributed by atoms with Gasteiger partial charge in [-0.3, -0.25) is 19.4 Å². The van der Waals surface area contributed by atoms with Gasteiger partial charge in [0.05, 0.1) is 0 Å². The Bertz CT molecular complexity index is 1250. The van der Waals surface area contributed by atoms with Gasteiger partial charge in [0.1, 0.15) is 5.69 Å². The Morgan fingerprint density at radius 1 is 0.975 bits per heavy atom. The van der Waals surface area contributed by atoms with Crippen LogP contribution in [0.15, 0.2) is 36.5 Å². The fraction of sp³-hybridized carbons (Fsp3) is 0.548. The van der Waals surface area contributed by atoms with E-state index in [-0.39, 0.29) is 23.6 Å². The Kier molecular flexibility index (Phi) is 8.76. The smallest absolute Gasteiger partial charge is 0.272 e.